The van der Waals surface area contributed by atoms with Gasteiger partial charge in [0.15, 0.2) is 5.82 Å². The number of aromatic nitrogens is 4. The number of anilines is 1. The third kappa shape index (κ3) is 3.55. The van der Waals surface area contributed by atoms with E-state index < -0.39 is 0 Å². The molecular formula is C18H24N6O2. The summed E-state index contributed by atoms with van der Waals surface area (Å²) in [6.45, 7) is 6.22. The second-order valence-electron chi connectivity index (χ2n) is 6.87. The van der Waals surface area contributed by atoms with Crippen molar-refractivity contribution in [3.63, 3.8) is 0 Å². The molecular weight excluding hydrogens is 332 g/mol. The van der Waals surface area contributed by atoms with E-state index in [1.165, 1.54) is 0 Å². The molecule has 2 aliphatic heterocycles. The number of carbonyl (C=O) groups excluding carboxylic acids is 1. The van der Waals surface area contributed by atoms with E-state index in [0.29, 0.717) is 37.8 Å². The molecule has 0 aliphatic carbocycles. The fourth-order valence-electron chi connectivity index (χ4n) is 3.59. The Labute approximate surface area is 152 Å². The minimum absolute atomic E-state index is 0.0278. The van der Waals surface area contributed by atoms with Crippen LogP contribution in [0.3, 0.4) is 0 Å². The summed E-state index contributed by atoms with van der Waals surface area (Å²) in [6, 6.07) is 3.82. The summed E-state index contributed by atoms with van der Waals surface area (Å²) in [7, 11) is 0. The molecule has 8 heteroatoms. The van der Waals surface area contributed by atoms with Crippen LogP contribution in [-0.2, 0) is 4.74 Å². The van der Waals surface area contributed by atoms with E-state index >= 15 is 0 Å². The van der Waals surface area contributed by atoms with E-state index in [0.717, 1.165) is 43.4 Å². The number of H-pyrrole nitrogens is 1. The van der Waals surface area contributed by atoms with Gasteiger partial charge in [-0.25, -0.2) is 9.97 Å². The van der Waals surface area contributed by atoms with Crippen LogP contribution in [0.25, 0.3) is 0 Å². The summed E-state index contributed by atoms with van der Waals surface area (Å²) in [5.41, 5.74) is 0.633. The third-order valence-electron chi connectivity index (χ3n) is 5.02. The van der Waals surface area contributed by atoms with Gasteiger partial charge in [0.05, 0.1) is 18.8 Å². The molecule has 2 fully saturated rings. The van der Waals surface area contributed by atoms with E-state index in [-0.39, 0.29) is 5.91 Å². The predicted molar refractivity (Wildman–Crippen MR) is 96.3 cm³/mol. The SMILES string of the molecule is Cc1nc(C2CCCN(c3ccc(C(=O)N4CCOCC4)cn3)C2)n[nH]1. The molecule has 1 amide bonds. The maximum Gasteiger partial charge on any atom is 0.255 e. The number of aromatic amines is 1. The molecule has 1 unspecified atom stereocenters. The van der Waals surface area contributed by atoms with Crippen molar-refractivity contribution in [3.05, 3.63) is 35.5 Å². The number of aryl methyl sites for hydroxylation is 1. The van der Waals surface area contributed by atoms with Crippen LogP contribution in [-0.4, -0.2) is 70.4 Å². The summed E-state index contributed by atoms with van der Waals surface area (Å²) >= 11 is 0. The van der Waals surface area contributed by atoms with Crippen LogP contribution in [0.5, 0.6) is 0 Å². The number of rotatable bonds is 3. The van der Waals surface area contributed by atoms with E-state index in [4.69, 9.17) is 4.74 Å². The lowest BCUT2D eigenvalue weighted by atomic mass is 9.97. The van der Waals surface area contributed by atoms with Crippen LogP contribution in [0.4, 0.5) is 5.82 Å². The molecule has 2 aromatic heterocycles. The number of pyridine rings is 1. The topological polar surface area (TPSA) is 87.2 Å². The van der Waals surface area contributed by atoms with Crippen LogP contribution in [0.2, 0.25) is 0 Å². The number of carbonyl (C=O) groups is 1. The number of nitrogens with one attached hydrogen (secondary N) is 1. The van der Waals surface area contributed by atoms with E-state index in [1.807, 2.05) is 24.0 Å². The van der Waals surface area contributed by atoms with Crippen molar-refractivity contribution in [2.45, 2.75) is 25.7 Å². The minimum atomic E-state index is 0.0278. The lowest BCUT2D eigenvalue weighted by molar-refractivity contribution is 0.0302. The van der Waals surface area contributed by atoms with Crippen LogP contribution in [0.15, 0.2) is 18.3 Å². The average Bonchev–Trinajstić information content (AvgIpc) is 3.15. The van der Waals surface area contributed by atoms with Gasteiger partial charge in [-0.3, -0.25) is 9.89 Å². The van der Waals surface area contributed by atoms with Gasteiger partial charge in [0.25, 0.3) is 5.91 Å². The van der Waals surface area contributed by atoms with Crippen LogP contribution < -0.4 is 4.90 Å². The van der Waals surface area contributed by atoms with Crippen LogP contribution in [0, 0.1) is 6.92 Å². The quantitative estimate of drug-likeness (QED) is 0.894. The van der Waals surface area contributed by atoms with Gasteiger partial charge in [0, 0.05) is 38.3 Å². The molecule has 0 spiro atoms. The van der Waals surface area contributed by atoms with Crippen molar-refractivity contribution in [2.24, 2.45) is 0 Å². The average molecular weight is 356 g/mol. The number of morpholine rings is 1. The highest BCUT2D eigenvalue weighted by atomic mass is 16.5. The summed E-state index contributed by atoms with van der Waals surface area (Å²) in [6.07, 6.45) is 3.85. The monoisotopic (exact) mass is 356 g/mol. The second-order valence-corrected chi connectivity index (χ2v) is 6.87. The highest BCUT2D eigenvalue weighted by Crippen LogP contribution is 2.27. The number of hydrogen-bond donors (Lipinski definition) is 1. The Kier molecular flexibility index (Phi) is 4.83. The van der Waals surface area contributed by atoms with Gasteiger partial charge in [0.2, 0.25) is 0 Å². The third-order valence-corrected chi connectivity index (χ3v) is 5.02. The van der Waals surface area contributed by atoms with Gasteiger partial charge in [-0.2, -0.15) is 5.10 Å². The van der Waals surface area contributed by atoms with Gasteiger partial charge in [0.1, 0.15) is 11.6 Å². The lowest BCUT2D eigenvalue weighted by Gasteiger charge is -2.32. The fraction of sp³-hybridized carbons (Fsp3) is 0.556. The Bertz CT molecular complexity index is 753. The summed E-state index contributed by atoms with van der Waals surface area (Å²) in [5.74, 6) is 2.97. The van der Waals surface area contributed by atoms with Gasteiger partial charge in [-0.15, -0.1) is 0 Å². The minimum Gasteiger partial charge on any atom is -0.378 e. The number of hydrogen-bond acceptors (Lipinski definition) is 6. The number of ether oxygens (including phenoxy) is 1. The molecule has 1 N–H and O–H groups in total. The number of piperidine rings is 1. The largest absolute Gasteiger partial charge is 0.378 e. The molecule has 0 saturated carbocycles. The van der Waals surface area contributed by atoms with E-state index in [9.17, 15) is 4.79 Å². The van der Waals surface area contributed by atoms with Crippen molar-refractivity contribution in [2.75, 3.05) is 44.3 Å². The Morgan fingerprint density at radius 1 is 1.27 bits per heavy atom. The van der Waals surface area contributed by atoms with Crippen molar-refractivity contribution in [1.29, 1.82) is 0 Å². The molecule has 8 nitrogen and oxygen atoms in total. The zero-order valence-electron chi connectivity index (χ0n) is 15.0. The Morgan fingerprint density at radius 3 is 2.81 bits per heavy atom. The molecule has 1 atom stereocenters. The zero-order chi connectivity index (χ0) is 17.9. The highest BCUT2D eigenvalue weighted by molar-refractivity contribution is 5.94. The first kappa shape index (κ1) is 17.0. The Balaban J connectivity index is 1.43. The maximum atomic E-state index is 12.5. The fourth-order valence-corrected chi connectivity index (χ4v) is 3.59. The van der Waals surface area contributed by atoms with Crippen molar-refractivity contribution in [1.82, 2.24) is 25.1 Å². The first-order valence-electron chi connectivity index (χ1n) is 9.17. The van der Waals surface area contributed by atoms with Crippen molar-refractivity contribution < 1.29 is 9.53 Å². The maximum absolute atomic E-state index is 12.5. The molecule has 2 aliphatic rings. The van der Waals surface area contributed by atoms with Gasteiger partial charge >= 0.3 is 0 Å². The normalized spacial score (nSPS) is 21.0. The lowest BCUT2D eigenvalue weighted by Crippen LogP contribution is -2.40. The van der Waals surface area contributed by atoms with Crippen molar-refractivity contribution >= 4 is 11.7 Å². The molecule has 2 aromatic rings. The van der Waals surface area contributed by atoms with Gasteiger partial charge < -0.3 is 14.5 Å². The smallest absolute Gasteiger partial charge is 0.255 e. The van der Waals surface area contributed by atoms with Crippen LogP contribution in [0.1, 0.15) is 40.8 Å². The van der Waals surface area contributed by atoms with Gasteiger partial charge in [-0.05, 0) is 31.9 Å². The zero-order valence-corrected chi connectivity index (χ0v) is 15.0. The molecule has 26 heavy (non-hydrogen) atoms. The molecule has 138 valence electrons. The molecule has 0 bridgehead atoms. The van der Waals surface area contributed by atoms with Crippen LogP contribution >= 0.6 is 0 Å². The molecule has 0 aromatic carbocycles. The number of amides is 1. The summed E-state index contributed by atoms with van der Waals surface area (Å²) in [5, 5.41) is 7.24. The molecule has 4 rings (SSSR count). The first-order valence-corrected chi connectivity index (χ1v) is 9.17. The Morgan fingerprint density at radius 2 is 2.12 bits per heavy atom. The molecule has 0 radical (unpaired) electrons. The molecule has 2 saturated heterocycles. The Hall–Kier alpha value is -2.48. The predicted octanol–water partition coefficient (Wildman–Crippen LogP) is 1.36. The molecule has 4 heterocycles. The van der Waals surface area contributed by atoms with E-state index in [1.54, 1.807) is 6.20 Å². The number of nitrogens with zero attached hydrogens (tertiary/aromatic N) is 5. The van der Waals surface area contributed by atoms with E-state index in [2.05, 4.69) is 25.1 Å². The highest BCUT2D eigenvalue weighted by Gasteiger charge is 2.25. The van der Waals surface area contributed by atoms with Gasteiger partial charge in [-0.1, -0.05) is 0 Å². The summed E-state index contributed by atoms with van der Waals surface area (Å²) in [4.78, 5) is 25.6. The second kappa shape index (κ2) is 7.41. The standard InChI is InChI=1S/C18H24N6O2/c1-13-20-17(22-21-13)15-3-2-6-24(12-15)16-5-4-14(11-19-16)18(25)23-7-9-26-10-8-23/h4-5,11,15H,2-3,6-10,12H2,1H3,(H,20,21,22). The first-order chi connectivity index (χ1) is 12.7. The summed E-state index contributed by atoms with van der Waals surface area (Å²) < 4.78 is 5.30. The van der Waals surface area contributed by atoms with Crippen molar-refractivity contribution in [3.8, 4) is 0 Å².